The van der Waals surface area contributed by atoms with Crippen molar-refractivity contribution >= 4 is 5.95 Å². The summed E-state index contributed by atoms with van der Waals surface area (Å²) in [7, 11) is 0. The van der Waals surface area contributed by atoms with E-state index in [0.29, 0.717) is 5.95 Å². The number of hydrogen-bond donors (Lipinski definition) is 1. The van der Waals surface area contributed by atoms with Crippen LogP contribution >= 0.6 is 0 Å². The van der Waals surface area contributed by atoms with E-state index in [-0.39, 0.29) is 5.60 Å². The quantitative estimate of drug-likeness (QED) is 0.820. The van der Waals surface area contributed by atoms with Crippen LogP contribution in [0.1, 0.15) is 25.5 Å². The molecule has 4 heteroatoms. The Morgan fingerprint density at radius 3 is 3.13 bits per heavy atom. The van der Waals surface area contributed by atoms with Gasteiger partial charge in [-0.2, -0.15) is 0 Å². The number of nitrogens with one attached hydrogen (secondary N) is 1. The number of aryl methyl sites for hydroxylation is 1. The maximum Gasteiger partial charge on any atom is 0.222 e. The van der Waals surface area contributed by atoms with E-state index in [9.17, 15) is 0 Å². The van der Waals surface area contributed by atoms with Crippen LogP contribution in [0.25, 0.3) is 0 Å². The normalized spacial score (nSPS) is 25.5. The Labute approximate surface area is 90.1 Å². The molecule has 1 aliphatic rings. The maximum atomic E-state index is 5.67. The van der Waals surface area contributed by atoms with Crippen LogP contribution in [0.4, 0.5) is 5.95 Å². The van der Waals surface area contributed by atoms with Crippen molar-refractivity contribution in [3.05, 3.63) is 18.0 Å². The molecular weight excluding hydrogens is 190 g/mol. The fourth-order valence-electron chi connectivity index (χ4n) is 1.78. The third-order valence-electron chi connectivity index (χ3n) is 2.72. The molecule has 1 N–H and O–H groups in total. The molecule has 1 aromatic heterocycles. The molecule has 15 heavy (non-hydrogen) atoms. The van der Waals surface area contributed by atoms with Gasteiger partial charge in [-0.3, -0.25) is 0 Å². The van der Waals surface area contributed by atoms with Crippen LogP contribution in [0, 0.1) is 6.92 Å². The van der Waals surface area contributed by atoms with Gasteiger partial charge < -0.3 is 10.1 Å². The third kappa shape index (κ3) is 2.65. The standard InChI is InChI=1S/C11H17N3O/c1-9-4-6-12-10(14-9)13-8-11(2)5-3-7-15-11/h4,6H,3,5,7-8H2,1-2H3,(H,12,13,14). The highest BCUT2D eigenvalue weighted by atomic mass is 16.5. The fraction of sp³-hybridized carbons (Fsp3) is 0.636. The van der Waals surface area contributed by atoms with Crippen molar-refractivity contribution in [1.29, 1.82) is 0 Å². The summed E-state index contributed by atoms with van der Waals surface area (Å²) in [5.41, 5.74) is 0.928. The zero-order valence-corrected chi connectivity index (χ0v) is 9.29. The summed E-state index contributed by atoms with van der Waals surface area (Å²) < 4.78 is 5.67. The van der Waals surface area contributed by atoms with E-state index in [1.165, 1.54) is 0 Å². The molecular formula is C11H17N3O. The Morgan fingerprint density at radius 1 is 1.60 bits per heavy atom. The number of aromatic nitrogens is 2. The number of nitrogens with zero attached hydrogens (tertiary/aromatic N) is 2. The smallest absolute Gasteiger partial charge is 0.222 e. The summed E-state index contributed by atoms with van der Waals surface area (Å²) >= 11 is 0. The lowest BCUT2D eigenvalue weighted by Crippen LogP contribution is -2.33. The molecule has 0 radical (unpaired) electrons. The van der Waals surface area contributed by atoms with Crippen molar-refractivity contribution in [2.45, 2.75) is 32.3 Å². The lowest BCUT2D eigenvalue weighted by molar-refractivity contribution is 0.0314. The first kappa shape index (κ1) is 10.4. The summed E-state index contributed by atoms with van der Waals surface area (Å²) in [5, 5.41) is 3.22. The van der Waals surface area contributed by atoms with Crippen LogP contribution in [0.5, 0.6) is 0 Å². The Kier molecular flexibility index (Phi) is 2.86. The van der Waals surface area contributed by atoms with Gasteiger partial charge in [0, 0.05) is 25.0 Å². The van der Waals surface area contributed by atoms with Crippen molar-refractivity contribution in [2.75, 3.05) is 18.5 Å². The summed E-state index contributed by atoms with van der Waals surface area (Å²) in [6.07, 6.45) is 4.02. The minimum Gasteiger partial charge on any atom is -0.373 e. The highest BCUT2D eigenvalue weighted by Crippen LogP contribution is 2.24. The van der Waals surface area contributed by atoms with Gasteiger partial charge in [0.15, 0.2) is 0 Å². The Hall–Kier alpha value is -1.16. The monoisotopic (exact) mass is 207 g/mol. The van der Waals surface area contributed by atoms with Crippen molar-refractivity contribution in [3.8, 4) is 0 Å². The highest BCUT2D eigenvalue weighted by molar-refractivity contribution is 5.25. The molecule has 1 fully saturated rings. The van der Waals surface area contributed by atoms with Crippen LogP contribution in [0.15, 0.2) is 12.3 Å². The SMILES string of the molecule is Cc1ccnc(NCC2(C)CCCO2)n1. The average Bonchev–Trinajstić information content (AvgIpc) is 2.63. The third-order valence-corrected chi connectivity index (χ3v) is 2.72. The molecule has 2 heterocycles. The van der Waals surface area contributed by atoms with E-state index in [1.807, 2.05) is 13.0 Å². The molecule has 0 amide bonds. The molecule has 1 aromatic rings. The molecule has 0 saturated carbocycles. The summed E-state index contributed by atoms with van der Waals surface area (Å²) in [6, 6.07) is 1.89. The van der Waals surface area contributed by atoms with E-state index in [1.54, 1.807) is 6.20 Å². The predicted molar refractivity (Wildman–Crippen MR) is 58.8 cm³/mol. The van der Waals surface area contributed by atoms with Gasteiger partial charge in [0.2, 0.25) is 5.95 Å². The predicted octanol–water partition coefficient (Wildman–Crippen LogP) is 1.77. The molecule has 1 saturated heterocycles. The van der Waals surface area contributed by atoms with Crippen LogP contribution < -0.4 is 5.32 Å². The zero-order valence-electron chi connectivity index (χ0n) is 9.29. The molecule has 0 bridgehead atoms. The first-order chi connectivity index (χ1) is 7.18. The van der Waals surface area contributed by atoms with Gasteiger partial charge in [0.05, 0.1) is 5.60 Å². The van der Waals surface area contributed by atoms with Crippen molar-refractivity contribution in [1.82, 2.24) is 9.97 Å². The van der Waals surface area contributed by atoms with E-state index in [0.717, 1.165) is 31.7 Å². The minimum atomic E-state index is -0.0485. The average molecular weight is 207 g/mol. The minimum absolute atomic E-state index is 0.0485. The molecule has 82 valence electrons. The van der Waals surface area contributed by atoms with Crippen molar-refractivity contribution in [2.24, 2.45) is 0 Å². The first-order valence-electron chi connectivity index (χ1n) is 5.35. The van der Waals surface area contributed by atoms with E-state index in [4.69, 9.17) is 4.74 Å². The highest BCUT2D eigenvalue weighted by Gasteiger charge is 2.29. The summed E-state index contributed by atoms with van der Waals surface area (Å²) in [4.78, 5) is 8.44. The summed E-state index contributed by atoms with van der Waals surface area (Å²) in [6.45, 7) is 5.73. The van der Waals surface area contributed by atoms with Gasteiger partial charge in [0.1, 0.15) is 0 Å². The molecule has 2 rings (SSSR count). The second kappa shape index (κ2) is 4.14. The van der Waals surface area contributed by atoms with Crippen molar-refractivity contribution in [3.63, 3.8) is 0 Å². The Balaban J connectivity index is 1.92. The van der Waals surface area contributed by atoms with Crippen LogP contribution in [0.2, 0.25) is 0 Å². The molecule has 0 spiro atoms. The van der Waals surface area contributed by atoms with Gasteiger partial charge in [-0.1, -0.05) is 0 Å². The second-order valence-corrected chi connectivity index (χ2v) is 4.28. The Morgan fingerprint density at radius 2 is 2.47 bits per heavy atom. The van der Waals surface area contributed by atoms with Crippen LogP contribution in [-0.4, -0.2) is 28.7 Å². The summed E-state index contributed by atoms with van der Waals surface area (Å²) in [5.74, 6) is 0.687. The maximum absolute atomic E-state index is 5.67. The molecule has 1 aliphatic heterocycles. The number of ether oxygens (including phenoxy) is 1. The van der Waals surface area contributed by atoms with Gasteiger partial charge in [-0.15, -0.1) is 0 Å². The molecule has 1 unspecified atom stereocenters. The first-order valence-corrected chi connectivity index (χ1v) is 5.35. The van der Waals surface area contributed by atoms with Crippen molar-refractivity contribution < 1.29 is 4.74 Å². The lowest BCUT2D eigenvalue weighted by Gasteiger charge is -2.23. The van der Waals surface area contributed by atoms with E-state index in [2.05, 4.69) is 22.2 Å². The molecule has 4 nitrogen and oxygen atoms in total. The lowest BCUT2D eigenvalue weighted by atomic mass is 10.0. The van der Waals surface area contributed by atoms with Gasteiger partial charge in [-0.05, 0) is 32.8 Å². The molecule has 0 aromatic carbocycles. The van der Waals surface area contributed by atoms with E-state index < -0.39 is 0 Å². The van der Waals surface area contributed by atoms with Gasteiger partial charge in [-0.25, -0.2) is 9.97 Å². The number of hydrogen-bond acceptors (Lipinski definition) is 4. The van der Waals surface area contributed by atoms with E-state index >= 15 is 0 Å². The fourth-order valence-corrected chi connectivity index (χ4v) is 1.78. The van der Waals surface area contributed by atoms with Gasteiger partial charge >= 0.3 is 0 Å². The van der Waals surface area contributed by atoms with Crippen LogP contribution in [0.3, 0.4) is 0 Å². The number of anilines is 1. The Bertz CT molecular complexity index is 334. The van der Waals surface area contributed by atoms with Crippen LogP contribution in [-0.2, 0) is 4.74 Å². The largest absolute Gasteiger partial charge is 0.373 e. The number of rotatable bonds is 3. The zero-order chi connectivity index (χ0) is 10.7. The molecule has 1 atom stereocenters. The topological polar surface area (TPSA) is 47.0 Å². The second-order valence-electron chi connectivity index (χ2n) is 4.28. The molecule has 0 aliphatic carbocycles. The van der Waals surface area contributed by atoms with Gasteiger partial charge in [0.25, 0.3) is 0 Å².